The summed E-state index contributed by atoms with van der Waals surface area (Å²) in [5.41, 5.74) is 5.66. The molecule has 3 aromatic carbocycles. The van der Waals surface area contributed by atoms with E-state index in [4.69, 9.17) is 4.74 Å². The number of fused-ring (bicyclic) bond motifs is 1. The maximum Gasteiger partial charge on any atom is 0.343 e. The summed E-state index contributed by atoms with van der Waals surface area (Å²) in [6.07, 6.45) is 3.08. The van der Waals surface area contributed by atoms with Crippen LogP contribution < -0.4 is 4.74 Å². The molecule has 1 heterocycles. The lowest BCUT2D eigenvalue weighted by Crippen LogP contribution is -2.08. The van der Waals surface area contributed by atoms with Crippen molar-refractivity contribution in [1.82, 2.24) is 4.98 Å². The van der Waals surface area contributed by atoms with Crippen LogP contribution in [0.3, 0.4) is 0 Å². The van der Waals surface area contributed by atoms with E-state index >= 15 is 0 Å². The Labute approximate surface area is 165 Å². The smallest absolute Gasteiger partial charge is 0.343 e. The van der Waals surface area contributed by atoms with Crippen molar-refractivity contribution in [3.8, 4) is 5.75 Å². The number of aromatic amines is 1. The van der Waals surface area contributed by atoms with Crippen LogP contribution in [-0.4, -0.2) is 11.0 Å². The van der Waals surface area contributed by atoms with Crippen LogP contribution in [0.1, 0.15) is 33.6 Å². The van der Waals surface area contributed by atoms with E-state index in [0.717, 1.165) is 19.3 Å². The molecule has 0 unspecified atom stereocenters. The van der Waals surface area contributed by atoms with E-state index in [-0.39, 0.29) is 5.97 Å². The van der Waals surface area contributed by atoms with E-state index in [2.05, 4.69) is 36.2 Å². The van der Waals surface area contributed by atoms with E-state index in [1.807, 2.05) is 42.5 Å². The first-order chi connectivity index (χ1) is 13.7. The zero-order valence-electron chi connectivity index (χ0n) is 15.9. The van der Waals surface area contributed by atoms with E-state index in [9.17, 15) is 4.79 Å². The number of nitrogens with one attached hydrogen (secondary N) is 1. The Bertz CT molecular complexity index is 1080. The fourth-order valence-corrected chi connectivity index (χ4v) is 3.59. The van der Waals surface area contributed by atoms with Gasteiger partial charge in [-0.05, 0) is 67.6 Å². The summed E-state index contributed by atoms with van der Waals surface area (Å²) in [6.45, 7) is 2.14. The lowest BCUT2D eigenvalue weighted by molar-refractivity contribution is 0.0735. The maximum atomic E-state index is 12.2. The number of H-pyrrole nitrogens is 1. The van der Waals surface area contributed by atoms with Gasteiger partial charge in [-0.15, -0.1) is 0 Å². The van der Waals surface area contributed by atoms with Crippen molar-refractivity contribution in [2.75, 3.05) is 0 Å². The number of hydrogen-bond acceptors (Lipinski definition) is 2. The maximum absolute atomic E-state index is 12.2. The van der Waals surface area contributed by atoms with Gasteiger partial charge in [-0.2, -0.15) is 0 Å². The summed E-state index contributed by atoms with van der Waals surface area (Å²) in [6, 6.07) is 25.3. The van der Waals surface area contributed by atoms with Crippen molar-refractivity contribution in [2.45, 2.75) is 26.2 Å². The van der Waals surface area contributed by atoms with Gasteiger partial charge in [0, 0.05) is 16.6 Å². The topological polar surface area (TPSA) is 42.1 Å². The highest BCUT2D eigenvalue weighted by atomic mass is 16.5. The molecule has 0 spiro atoms. The first-order valence-electron chi connectivity index (χ1n) is 9.63. The Morgan fingerprint density at radius 3 is 2.36 bits per heavy atom. The highest BCUT2D eigenvalue weighted by Crippen LogP contribution is 2.23. The van der Waals surface area contributed by atoms with Gasteiger partial charge in [-0.25, -0.2) is 4.79 Å². The fraction of sp³-hybridized carbons (Fsp3) is 0.160. The predicted molar refractivity (Wildman–Crippen MR) is 113 cm³/mol. The molecule has 1 aromatic heterocycles. The minimum atomic E-state index is -0.327. The Balaban J connectivity index is 1.35. The summed E-state index contributed by atoms with van der Waals surface area (Å²) < 4.78 is 5.38. The van der Waals surface area contributed by atoms with Crippen molar-refractivity contribution < 1.29 is 9.53 Å². The summed E-state index contributed by atoms with van der Waals surface area (Å²) in [5.74, 6) is 0.234. The number of benzene rings is 3. The molecule has 3 nitrogen and oxygen atoms in total. The van der Waals surface area contributed by atoms with Crippen LogP contribution in [0.4, 0.5) is 0 Å². The van der Waals surface area contributed by atoms with Gasteiger partial charge in [-0.3, -0.25) is 0 Å². The number of carbonyl (C=O) groups is 1. The lowest BCUT2D eigenvalue weighted by atomic mass is 10.0. The molecule has 0 bridgehead atoms. The number of hydrogen-bond donors (Lipinski definition) is 1. The van der Waals surface area contributed by atoms with Crippen molar-refractivity contribution in [3.05, 3.63) is 101 Å². The summed E-state index contributed by atoms with van der Waals surface area (Å²) >= 11 is 0. The zero-order valence-corrected chi connectivity index (χ0v) is 15.9. The van der Waals surface area contributed by atoms with Gasteiger partial charge in [0.15, 0.2) is 0 Å². The molecule has 28 heavy (non-hydrogen) atoms. The van der Waals surface area contributed by atoms with Crippen LogP contribution >= 0.6 is 0 Å². The highest BCUT2D eigenvalue weighted by molar-refractivity contribution is 5.91. The minimum absolute atomic E-state index is 0.327. The molecule has 0 radical (unpaired) electrons. The number of rotatable bonds is 6. The number of aryl methyl sites for hydroxylation is 3. The predicted octanol–water partition coefficient (Wildman–Crippen LogP) is 5.87. The molecule has 0 fully saturated rings. The lowest BCUT2D eigenvalue weighted by Gasteiger charge is -2.06. The molecule has 4 aromatic rings. The second-order valence-electron chi connectivity index (χ2n) is 7.03. The molecule has 140 valence electrons. The number of para-hydroxylation sites is 2. The van der Waals surface area contributed by atoms with Crippen LogP contribution in [-0.2, 0) is 12.8 Å². The largest absolute Gasteiger partial charge is 0.423 e. The second kappa shape index (κ2) is 8.13. The quantitative estimate of drug-likeness (QED) is 0.341. The molecule has 4 rings (SSSR count). The first-order valence-corrected chi connectivity index (χ1v) is 9.63. The van der Waals surface area contributed by atoms with E-state index in [1.165, 1.54) is 27.7 Å². The molecular formula is C25H23NO2. The van der Waals surface area contributed by atoms with Crippen molar-refractivity contribution >= 4 is 16.9 Å². The molecule has 0 atom stereocenters. The van der Waals surface area contributed by atoms with Gasteiger partial charge in [-0.1, -0.05) is 48.5 Å². The zero-order chi connectivity index (χ0) is 19.3. The van der Waals surface area contributed by atoms with Gasteiger partial charge in [0.05, 0.1) is 5.56 Å². The SMILES string of the molecule is Cc1[nH]c2ccccc2c1CCCc1ccc(C(=O)Oc2ccccc2)cc1. The number of ether oxygens (including phenoxy) is 1. The normalized spacial score (nSPS) is 10.9. The number of esters is 1. The van der Waals surface area contributed by atoms with Crippen LogP contribution in [0.15, 0.2) is 78.9 Å². The number of carbonyl (C=O) groups excluding carboxylic acids is 1. The van der Waals surface area contributed by atoms with E-state index in [0.29, 0.717) is 11.3 Å². The van der Waals surface area contributed by atoms with Gasteiger partial charge in [0.25, 0.3) is 0 Å². The van der Waals surface area contributed by atoms with Crippen LogP contribution in [0.5, 0.6) is 5.75 Å². The monoisotopic (exact) mass is 369 g/mol. The third-order valence-electron chi connectivity index (χ3n) is 5.06. The average Bonchev–Trinajstić information content (AvgIpc) is 3.04. The van der Waals surface area contributed by atoms with Crippen LogP contribution in [0, 0.1) is 6.92 Å². The molecule has 0 aliphatic rings. The summed E-state index contributed by atoms with van der Waals surface area (Å²) in [7, 11) is 0. The second-order valence-corrected chi connectivity index (χ2v) is 7.03. The Morgan fingerprint density at radius 1 is 0.857 bits per heavy atom. The summed E-state index contributed by atoms with van der Waals surface area (Å²) in [4.78, 5) is 15.7. The van der Waals surface area contributed by atoms with E-state index < -0.39 is 0 Å². The van der Waals surface area contributed by atoms with Gasteiger partial charge in [0.2, 0.25) is 0 Å². The average molecular weight is 369 g/mol. The standard InChI is InChI=1S/C25H23NO2/c1-18-22(23-11-5-6-13-24(23)26-18)12-7-8-19-14-16-20(17-15-19)25(27)28-21-9-3-2-4-10-21/h2-6,9-11,13-17,26H,7-8,12H2,1H3. The molecule has 1 N–H and O–H groups in total. The van der Waals surface area contributed by atoms with E-state index in [1.54, 1.807) is 12.1 Å². The minimum Gasteiger partial charge on any atom is -0.423 e. The van der Waals surface area contributed by atoms with Crippen molar-refractivity contribution in [2.24, 2.45) is 0 Å². The Kier molecular flexibility index (Phi) is 5.24. The molecule has 0 aliphatic carbocycles. The Hall–Kier alpha value is -3.33. The fourth-order valence-electron chi connectivity index (χ4n) is 3.59. The molecule has 0 saturated heterocycles. The molecule has 3 heteroatoms. The van der Waals surface area contributed by atoms with Crippen LogP contribution in [0.25, 0.3) is 10.9 Å². The van der Waals surface area contributed by atoms with Gasteiger partial charge in [0.1, 0.15) is 5.75 Å². The summed E-state index contributed by atoms with van der Waals surface area (Å²) in [5, 5.41) is 1.32. The van der Waals surface area contributed by atoms with Crippen molar-refractivity contribution in [3.63, 3.8) is 0 Å². The van der Waals surface area contributed by atoms with Gasteiger partial charge < -0.3 is 9.72 Å². The molecule has 0 saturated carbocycles. The molecule has 0 amide bonds. The first kappa shape index (κ1) is 18.1. The highest BCUT2D eigenvalue weighted by Gasteiger charge is 2.10. The third kappa shape index (κ3) is 3.99. The number of aromatic nitrogens is 1. The molecular weight excluding hydrogens is 346 g/mol. The van der Waals surface area contributed by atoms with Gasteiger partial charge >= 0.3 is 5.97 Å². The molecule has 0 aliphatic heterocycles. The Morgan fingerprint density at radius 2 is 1.57 bits per heavy atom. The van der Waals surface area contributed by atoms with Crippen LogP contribution in [0.2, 0.25) is 0 Å². The third-order valence-corrected chi connectivity index (χ3v) is 5.06. The van der Waals surface area contributed by atoms with Crippen molar-refractivity contribution in [1.29, 1.82) is 0 Å².